The Morgan fingerprint density at radius 3 is 2.47 bits per heavy atom. The van der Waals surface area contributed by atoms with Crippen molar-refractivity contribution >= 4 is 22.9 Å². The minimum atomic E-state index is 0.00432. The number of hydrogen-bond donors (Lipinski definition) is 1. The lowest BCUT2D eigenvalue weighted by atomic mass is 9.83. The Morgan fingerprint density at radius 1 is 1.41 bits per heavy atom. The third kappa shape index (κ3) is 4.59. The molecule has 1 aromatic heterocycles. The van der Waals surface area contributed by atoms with Crippen molar-refractivity contribution in [1.29, 1.82) is 0 Å². The summed E-state index contributed by atoms with van der Waals surface area (Å²) in [6.45, 7) is 9.19. The Kier molecular flexibility index (Phi) is 5.45. The lowest BCUT2D eigenvalue weighted by Gasteiger charge is -2.34. The van der Waals surface area contributed by atoms with Crippen LogP contribution in [0.2, 0.25) is 4.34 Å². The second-order valence-electron chi connectivity index (χ2n) is 5.32. The van der Waals surface area contributed by atoms with Crippen LogP contribution in [0.5, 0.6) is 0 Å². The average molecular weight is 276 g/mol. The molecule has 0 saturated carbocycles. The average Bonchev–Trinajstić information content (AvgIpc) is 2.58. The van der Waals surface area contributed by atoms with Crippen molar-refractivity contribution < 1.29 is 4.74 Å². The third-order valence-corrected chi connectivity index (χ3v) is 3.91. The topological polar surface area (TPSA) is 35.2 Å². The zero-order valence-electron chi connectivity index (χ0n) is 11.0. The van der Waals surface area contributed by atoms with Crippen LogP contribution >= 0.6 is 22.9 Å². The van der Waals surface area contributed by atoms with Crippen molar-refractivity contribution in [3.8, 4) is 0 Å². The Labute approximate surface area is 113 Å². The lowest BCUT2D eigenvalue weighted by Crippen LogP contribution is -2.46. The van der Waals surface area contributed by atoms with Gasteiger partial charge in [0.25, 0.3) is 0 Å². The van der Waals surface area contributed by atoms with E-state index in [0.717, 1.165) is 10.8 Å². The molecule has 1 heterocycles. The fraction of sp³-hybridized carbons (Fsp3) is 0.692. The molecule has 0 fully saturated rings. The highest BCUT2D eigenvalue weighted by atomic mass is 35.5. The second kappa shape index (κ2) is 6.19. The van der Waals surface area contributed by atoms with Crippen molar-refractivity contribution in [3.63, 3.8) is 0 Å². The summed E-state index contributed by atoms with van der Waals surface area (Å²) in [6, 6.07) is 3.96. The molecule has 1 aromatic rings. The molecule has 2 atom stereocenters. The lowest BCUT2D eigenvalue weighted by molar-refractivity contribution is -0.0272. The fourth-order valence-corrected chi connectivity index (χ4v) is 3.15. The van der Waals surface area contributed by atoms with Crippen molar-refractivity contribution in [2.45, 2.75) is 46.3 Å². The molecule has 0 saturated heterocycles. The number of nitrogens with two attached hydrogens (primary N) is 1. The molecular weight excluding hydrogens is 254 g/mol. The van der Waals surface area contributed by atoms with Gasteiger partial charge in [0.1, 0.15) is 0 Å². The van der Waals surface area contributed by atoms with E-state index in [1.54, 1.807) is 11.3 Å². The zero-order valence-corrected chi connectivity index (χ0v) is 12.6. The van der Waals surface area contributed by atoms with Crippen LogP contribution in [-0.2, 0) is 11.2 Å². The van der Waals surface area contributed by atoms with E-state index < -0.39 is 0 Å². The van der Waals surface area contributed by atoms with E-state index in [0.29, 0.717) is 6.61 Å². The van der Waals surface area contributed by atoms with Gasteiger partial charge in [0, 0.05) is 17.5 Å². The number of halogens is 1. The molecule has 0 radical (unpaired) electrons. The summed E-state index contributed by atoms with van der Waals surface area (Å²) in [6.07, 6.45) is 0.882. The third-order valence-electron chi connectivity index (χ3n) is 2.65. The summed E-state index contributed by atoms with van der Waals surface area (Å²) in [7, 11) is 0. The van der Waals surface area contributed by atoms with Gasteiger partial charge in [-0.1, -0.05) is 32.4 Å². The van der Waals surface area contributed by atoms with Crippen LogP contribution in [0.4, 0.5) is 0 Å². The molecule has 2 N–H and O–H groups in total. The first-order valence-corrected chi connectivity index (χ1v) is 7.15. The van der Waals surface area contributed by atoms with Gasteiger partial charge in [-0.3, -0.25) is 0 Å². The summed E-state index contributed by atoms with van der Waals surface area (Å²) in [5.74, 6) is 0. The number of rotatable bonds is 5. The van der Waals surface area contributed by atoms with Gasteiger partial charge in [-0.25, -0.2) is 0 Å². The minimum absolute atomic E-state index is 0.00432. The first-order chi connectivity index (χ1) is 7.84. The van der Waals surface area contributed by atoms with Gasteiger partial charge in [0.05, 0.1) is 10.4 Å². The first kappa shape index (κ1) is 15.0. The largest absolute Gasteiger partial charge is 0.376 e. The molecule has 2 unspecified atom stereocenters. The molecule has 0 aliphatic carbocycles. The predicted octanol–water partition coefficient (Wildman–Crippen LogP) is 3.72. The van der Waals surface area contributed by atoms with E-state index in [4.69, 9.17) is 22.1 Å². The normalized spacial score (nSPS) is 15.9. The van der Waals surface area contributed by atoms with Crippen LogP contribution in [0.1, 0.15) is 32.6 Å². The molecule has 0 aliphatic rings. The van der Waals surface area contributed by atoms with Crippen molar-refractivity contribution in [2.75, 3.05) is 6.61 Å². The molecule has 0 spiro atoms. The summed E-state index contributed by atoms with van der Waals surface area (Å²) in [4.78, 5) is 1.22. The Balaban J connectivity index is 2.68. The van der Waals surface area contributed by atoms with E-state index in [1.807, 2.05) is 19.1 Å². The zero-order chi connectivity index (χ0) is 13.1. The van der Waals surface area contributed by atoms with Crippen LogP contribution in [-0.4, -0.2) is 18.8 Å². The fourth-order valence-electron chi connectivity index (χ4n) is 2.00. The molecular formula is C13H22ClNOS. The summed E-state index contributed by atoms with van der Waals surface area (Å²) >= 11 is 7.51. The van der Waals surface area contributed by atoms with Gasteiger partial charge in [-0.2, -0.15) is 0 Å². The van der Waals surface area contributed by atoms with Crippen LogP contribution in [0.3, 0.4) is 0 Å². The Bertz CT molecular complexity index is 345. The molecule has 0 amide bonds. The van der Waals surface area contributed by atoms with Gasteiger partial charge in [0.15, 0.2) is 0 Å². The molecule has 0 aromatic carbocycles. The highest BCUT2D eigenvalue weighted by molar-refractivity contribution is 7.16. The van der Waals surface area contributed by atoms with E-state index in [-0.39, 0.29) is 17.6 Å². The smallest absolute Gasteiger partial charge is 0.0931 e. The van der Waals surface area contributed by atoms with E-state index in [1.165, 1.54) is 4.88 Å². The maximum Gasteiger partial charge on any atom is 0.0931 e. The minimum Gasteiger partial charge on any atom is -0.376 e. The van der Waals surface area contributed by atoms with Crippen molar-refractivity contribution in [3.05, 3.63) is 21.3 Å². The summed E-state index contributed by atoms with van der Waals surface area (Å²) < 4.78 is 6.61. The molecule has 2 nitrogen and oxygen atoms in total. The van der Waals surface area contributed by atoms with Gasteiger partial charge in [0.2, 0.25) is 0 Å². The van der Waals surface area contributed by atoms with Gasteiger partial charge >= 0.3 is 0 Å². The van der Waals surface area contributed by atoms with Gasteiger partial charge in [-0.05, 0) is 30.9 Å². The highest BCUT2D eigenvalue weighted by Crippen LogP contribution is 2.28. The first-order valence-electron chi connectivity index (χ1n) is 5.96. The van der Waals surface area contributed by atoms with Gasteiger partial charge < -0.3 is 10.5 Å². The Morgan fingerprint density at radius 2 is 2.06 bits per heavy atom. The molecule has 0 bridgehead atoms. The number of thiophene rings is 1. The van der Waals surface area contributed by atoms with Crippen LogP contribution in [0.25, 0.3) is 0 Å². The van der Waals surface area contributed by atoms with E-state index in [2.05, 4.69) is 20.8 Å². The monoisotopic (exact) mass is 275 g/mol. The van der Waals surface area contributed by atoms with Gasteiger partial charge in [-0.15, -0.1) is 11.3 Å². The highest BCUT2D eigenvalue weighted by Gasteiger charge is 2.31. The van der Waals surface area contributed by atoms with Crippen LogP contribution in [0, 0.1) is 5.41 Å². The predicted molar refractivity (Wildman–Crippen MR) is 75.9 cm³/mol. The molecule has 98 valence electrons. The maximum absolute atomic E-state index is 6.27. The molecule has 17 heavy (non-hydrogen) atoms. The number of ether oxygens (including phenoxy) is 1. The maximum atomic E-state index is 6.27. The van der Waals surface area contributed by atoms with Crippen LogP contribution < -0.4 is 5.73 Å². The van der Waals surface area contributed by atoms with Crippen molar-refractivity contribution in [1.82, 2.24) is 0 Å². The van der Waals surface area contributed by atoms with Crippen LogP contribution in [0.15, 0.2) is 12.1 Å². The van der Waals surface area contributed by atoms with E-state index in [9.17, 15) is 0 Å². The molecule has 0 aliphatic heterocycles. The van der Waals surface area contributed by atoms with E-state index >= 15 is 0 Å². The molecule has 1 rings (SSSR count). The second-order valence-corrected chi connectivity index (χ2v) is 7.12. The number of hydrogen-bond acceptors (Lipinski definition) is 3. The standard InChI is InChI=1S/C13H22ClNOS/c1-5-16-12(13(2,3)4)10(15)8-9-6-7-11(14)17-9/h6-7,10,12H,5,8,15H2,1-4H3. The quantitative estimate of drug-likeness (QED) is 0.889. The summed E-state index contributed by atoms with van der Waals surface area (Å²) in [5, 5.41) is 0. The van der Waals surface area contributed by atoms with Crippen molar-refractivity contribution in [2.24, 2.45) is 11.1 Å². The SMILES string of the molecule is CCOC(C(N)Cc1ccc(Cl)s1)C(C)(C)C. The summed E-state index contributed by atoms with van der Waals surface area (Å²) in [5.41, 5.74) is 6.32. The molecule has 4 heteroatoms. The Hall–Kier alpha value is -0.0900.